The summed E-state index contributed by atoms with van der Waals surface area (Å²) in [5, 5.41) is 8.19. The highest BCUT2D eigenvalue weighted by Crippen LogP contribution is 2.32. The van der Waals surface area contributed by atoms with E-state index < -0.39 is 5.60 Å². The Kier molecular flexibility index (Phi) is 9.80. The second-order valence-electron chi connectivity index (χ2n) is 10.7. The summed E-state index contributed by atoms with van der Waals surface area (Å²) in [6.45, 7) is 11.5. The number of rotatable bonds is 6. The van der Waals surface area contributed by atoms with Crippen LogP contribution in [0.1, 0.15) is 57.7 Å². The van der Waals surface area contributed by atoms with Crippen LogP contribution in [0.3, 0.4) is 0 Å². The molecule has 1 unspecified atom stereocenters. The van der Waals surface area contributed by atoms with Crippen molar-refractivity contribution < 1.29 is 23.5 Å². The van der Waals surface area contributed by atoms with Crippen LogP contribution in [0.25, 0.3) is 11.0 Å². The number of hydrogen-bond acceptors (Lipinski definition) is 7. The molecule has 1 aromatic carbocycles. The predicted octanol–water partition coefficient (Wildman–Crippen LogP) is 4.97. The summed E-state index contributed by atoms with van der Waals surface area (Å²) < 4.78 is 22.7. The van der Waals surface area contributed by atoms with Crippen LogP contribution >= 0.6 is 0 Å². The standard InChI is InChI=1S/C25H36N2O5.C2H7N/c1-17-22(30-16-19-11-14-29-15-19)8-6-20-21(26-32-23(17)20)7-5-18-9-12-27(13-10-18)24(28)31-25(2,3)4;1-3-2/h6,8,18-19H,5,7,9-16H2,1-4H3;3H,1-2H3. The Morgan fingerprint density at radius 1 is 1.17 bits per heavy atom. The van der Waals surface area contributed by atoms with E-state index in [0.717, 1.165) is 86.4 Å². The lowest BCUT2D eigenvalue weighted by Crippen LogP contribution is -2.41. The second-order valence-corrected chi connectivity index (χ2v) is 10.7. The molecule has 2 aromatic rings. The zero-order valence-corrected chi connectivity index (χ0v) is 22.3. The first-order valence-electron chi connectivity index (χ1n) is 12.9. The molecule has 2 aliphatic heterocycles. The number of aromatic nitrogens is 1. The highest BCUT2D eigenvalue weighted by atomic mass is 16.6. The van der Waals surface area contributed by atoms with Gasteiger partial charge in [-0.25, -0.2) is 4.79 Å². The molecule has 4 rings (SSSR count). The summed E-state index contributed by atoms with van der Waals surface area (Å²) in [6.07, 6.45) is 4.77. The SMILES string of the molecule is CNC.Cc1c(OCC2CCOC2)ccc2c(CCC3CCN(C(=O)OC(C)(C)C)CC3)noc12. The largest absolute Gasteiger partial charge is 0.493 e. The molecule has 1 N–H and O–H groups in total. The lowest BCUT2D eigenvalue weighted by molar-refractivity contribution is 0.0181. The van der Waals surface area contributed by atoms with E-state index in [0.29, 0.717) is 18.4 Å². The van der Waals surface area contributed by atoms with E-state index in [2.05, 4.69) is 16.5 Å². The molecular weight excluding hydrogens is 446 g/mol. The molecule has 2 saturated heterocycles. The lowest BCUT2D eigenvalue weighted by atomic mass is 9.91. The zero-order valence-electron chi connectivity index (χ0n) is 22.3. The van der Waals surface area contributed by atoms with Crippen molar-refractivity contribution in [1.82, 2.24) is 15.4 Å². The fraction of sp³-hybridized carbons (Fsp3) is 0.704. The summed E-state index contributed by atoms with van der Waals surface area (Å²) in [4.78, 5) is 14.1. The molecule has 2 aliphatic rings. The van der Waals surface area contributed by atoms with E-state index in [1.807, 2.05) is 52.8 Å². The van der Waals surface area contributed by atoms with Gasteiger partial charge in [0.15, 0.2) is 5.58 Å². The van der Waals surface area contributed by atoms with Gasteiger partial charge in [0, 0.05) is 36.6 Å². The number of ether oxygens (including phenoxy) is 3. The number of nitrogens with one attached hydrogen (secondary N) is 1. The van der Waals surface area contributed by atoms with Gasteiger partial charge in [0.2, 0.25) is 0 Å². The van der Waals surface area contributed by atoms with E-state index in [1.54, 1.807) is 0 Å². The summed E-state index contributed by atoms with van der Waals surface area (Å²) in [5.41, 5.74) is 2.38. The highest BCUT2D eigenvalue weighted by molar-refractivity contribution is 5.84. The first kappa shape index (κ1) is 27.3. The van der Waals surface area contributed by atoms with Crippen LogP contribution < -0.4 is 10.1 Å². The van der Waals surface area contributed by atoms with Gasteiger partial charge in [-0.15, -0.1) is 0 Å². The van der Waals surface area contributed by atoms with Gasteiger partial charge in [-0.2, -0.15) is 0 Å². The highest BCUT2D eigenvalue weighted by Gasteiger charge is 2.27. The molecule has 3 heterocycles. The Morgan fingerprint density at radius 3 is 2.51 bits per heavy atom. The Labute approximate surface area is 209 Å². The van der Waals surface area contributed by atoms with Gasteiger partial charge in [-0.05, 0) is 91.9 Å². The van der Waals surface area contributed by atoms with Crippen LogP contribution in [-0.4, -0.2) is 68.8 Å². The predicted molar refractivity (Wildman–Crippen MR) is 137 cm³/mol. The minimum atomic E-state index is -0.449. The molecule has 1 amide bonds. The van der Waals surface area contributed by atoms with Gasteiger partial charge >= 0.3 is 6.09 Å². The number of fused-ring (bicyclic) bond motifs is 1. The van der Waals surface area contributed by atoms with Crippen LogP contribution in [-0.2, 0) is 15.9 Å². The number of likely N-dealkylation sites (tertiary alicyclic amines) is 1. The summed E-state index contributed by atoms with van der Waals surface area (Å²) in [6, 6.07) is 4.10. The van der Waals surface area contributed by atoms with Gasteiger partial charge in [-0.3, -0.25) is 0 Å². The average Bonchev–Trinajstić information content (AvgIpc) is 3.47. The van der Waals surface area contributed by atoms with Crippen molar-refractivity contribution in [2.45, 2.75) is 65.4 Å². The van der Waals surface area contributed by atoms with Gasteiger partial charge in [0.05, 0.1) is 18.9 Å². The van der Waals surface area contributed by atoms with E-state index in [9.17, 15) is 4.79 Å². The normalized spacial score (nSPS) is 18.9. The van der Waals surface area contributed by atoms with Gasteiger partial charge in [0.1, 0.15) is 11.4 Å². The molecule has 1 aromatic heterocycles. The first-order chi connectivity index (χ1) is 16.7. The maximum Gasteiger partial charge on any atom is 0.410 e. The average molecular weight is 490 g/mol. The van der Waals surface area contributed by atoms with Crippen molar-refractivity contribution in [2.24, 2.45) is 11.8 Å². The Balaban J connectivity index is 0.00000108. The monoisotopic (exact) mass is 489 g/mol. The Bertz CT molecular complexity index is 938. The van der Waals surface area contributed by atoms with Gasteiger partial charge in [-0.1, -0.05) is 5.16 Å². The number of aryl methyl sites for hydroxylation is 2. The van der Waals surface area contributed by atoms with E-state index in [-0.39, 0.29) is 6.09 Å². The number of amides is 1. The molecule has 35 heavy (non-hydrogen) atoms. The van der Waals surface area contributed by atoms with Crippen molar-refractivity contribution in [3.05, 3.63) is 23.4 Å². The third-order valence-corrected chi connectivity index (χ3v) is 6.47. The molecule has 8 nitrogen and oxygen atoms in total. The van der Waals surface area contributed by atoms with Crippen molar-refractivity contribution in [3.8, 4) is 5.75 Å². The van der Waals surface area contributed by atoms with Crippen LogP contribution in [0.5, 0.6) is 5.75 Å². The Hall–Kier alpha value is -2.32. The van der Waals surface area contributed by atoms with Crippen LogP contribution in [0.2, 0.25) is 0 Å². The number of carbonyl (C=O) groups is 1. The number of benzene rings is 1. The quantitative estimate of drug-likeness (QED) is 0.613. The number of hydrogen-bond donors (Lipinski definition) is 1. The maximum absolute atomic E-state index is 12.3. The van der Waals surface area contributed by atoms with Gasteiger partial charge in [0.25, 0.3) is 0 Å². The van der Waals surface area contributed by atoms with Crippen molar-refractivity contribution in [2.75, 3.05) is 47.0 Å². The molecule has 8 heteroatoms. The molecule has 0 radical (unpaired) electrons. The van der Waals surface area contributed by atoms with Crippen LogP contribution in [0.15, 0.2) is 16.7 Å². The van der Waals surface area contributed by atoms with Crippen LogP contribution in [0, 0.1) is 18.8 Å². The molecule has 196 valence electrons. The summed E-state index contributed by atoms with van der Waals surface area (Å²) >= 11 is 0. The first-order valence-corrected chi connectivity index (χ1v) is 12.9. The smallest absolute Gasteiger partial charge is 0.410 e. The van der Waals surface area contributed by atoms with Crippen molar-refractivity contribution >= 4 is 17.1 Å². The third kappa shape index (κ3) is 7.84. The molecule has 0 aliphatic carbocycles. The van der Waals surface area contributed by atoms with Crippen LogP contribution in [0.4, 0.5) is 4.79 Å². The zero-order chi connectivity index (χ0) is 25.4. The topological polar surface area (TPSA) is 86.1 Å². The fourth-order valence-corrected chi connectivity index (χ4v) is 4.50. The number of piperidine rings is 1. The molecule has 1 atom stereocenters. The number of carbonyl (C=O) groups excluding carboxylic acids is 1. The van der Waals surface area contributed by atoms with Gasteiger partial charge < -0.3 is 29.0 Å². The minimum absolute atomic E-state index is 0.201. The lowest BCUT2D eigenvalue weighted by Gasteiger charge is -2.33. The number of nitrogens with zero attached hydrogens (tertiary/aromatic N) is 2. The molecule has 0 saturated carbocycles. The van der Waals surface area contributed by atoms with E-state index in [4.69, 9.17) is 18.7 Å². The van der Waals surface area contributed by atoms with E-state index >= 15 is 0 Å². The fourth-order valence-electron chi connectivity index (χ4n) is 4.50. The van der Waals surface area contributed by atoms with Crippen molar-refractivity contribution in [1.29, 1.82) is 0 Å². The maximum atomic E-state index is 12.3. The second kappa shape index (κ2) is 12.6. The van der Waals surface area contributed by atoms with E-state index in [1.165, 1.54) is 0 Å². The summed E-state index contributed by atoms with van der Waals surface area (Å²) in [7, 11) is 3.75. The third-order valence-electron chi connectivity index (χ3n) is 6.47. The van der Waals surface area contributed by atoms with Crippen molar-refractivity contribution in [3.63, 3.8) is 0 Å². The molecular formula is C27H43N3O5. The molecule has 2 fully saturated rings. The Morgan fingerprint density at radius 2 is 1.89 bits per heavy atom. The summed E-state index contributed by atoms with van der Waals surface area (Å²) in [5.74, 6) is 1.91. The molecule has 0 bridgehead atoms. The molecule has 0 spiro atoms. The minimum Gasteiger partial charge on any atom is -0.493 e.